The van der Waals surface area contributed by atoms with Gasteiger partial charge in [0.1, 0.15) is 0 Å². The van der Waals surface area contributed by atoms with Gasteiger partial charge < -0.3 is 14.2 Å². The van der Waals surface area contributed by atoms with Crippen molar-refractivity contribution in [2.24, 2.45) is 5.92 Å². The number of benzene rings is 1. The molecule has 0 spiro atoms. The van der Waals surface area contributed by atoms with Crippen LogP contribution in [0.3, 0.4) is 0 Å². The molecule has 0 amide bonds. The van der Waals surface area contributed by atoms with E-state index in [9.17, 15) is 9.59 Å². The van der Waals surface area contributed by atoms with Gasteiger partial charge in [0, 0.05) is 16.0 Å². The first-order valence-electron chi connectivity index (χ1n) is 5.97. The van der Waals surface area contributed by atoms with Crippen molar-refractivity contribution in [1.29, 1.82) is 0 Å². The molecule has 0 fully saturated rings. The smallest absolute Gasteiger partial charge is 0.306 e. The van der Waals surface area contributed by atoms with E-state index in [4.69, 9.17) is 9.47 Å². The van der Waals surface area contributed by atoms with E-state index in [2.05, 4.69) is 20.7 Å². The van der Waals surface area contributed by atoms with E-state index < -0.39 is 11.9 Å². The van der Waals surface area contributed by atoms with E-state index in [0.29, 0.717) is 21.5 Å². The summed E-state index contributed by atoms with van der Waals surface area (Å²) >= 11 is 3.33. The fraction of sp³-hybridized carbons (Fsp3) is 0.429. The molecule has 1 rings (SSSR count). The fourth-order valence-electron chi connectivity index (χ4n) is 1.73. The number of rotatable bonds is 6. The summed E-state index contributed by atoms with van der Waals surface area (Å²) in [5.41, 5.74) is 0.444. The van der Waals surface area contributed by atoms with Gasteiger partial charge in [-0.25, -0.2) is 0 Å². The van der Waals surface area contributed by atoms with Crippen molar-refractivity contribution in [1.82, 2.24) is 0 Å². The number of esters is 1. The van der Waals surface area contributed by atoms with Gasteiger partial charge in [-0.05, 0) is 28.1 Å². The zero-order valence-electron chi connectivity index (χ0n) is 11.9. The molecule has 0 aromatic heterocycles. The van der Waals surface area contributed by atoms with Crippen LogP contribution < -0.4 is 9.47 Å². The summed E-state index contributed by atoms with van der Waals surface area (Å²) in [6.45, 7) is 1.68. The number of methoxy groups -OCH3 is 3. The molecule has 0 aliphatic carbocycles. The summed E-state index contributed by atoms with van der Waals surface area (Å²) in [5.74, 6) is -0.0663. The molecule has 0 aliphatic rings. The minimum Gasteiger partial charge on any atom is -0.493 e. The highest BCUT2D eigenvalue weighted by Gasteiger charge is 2.22. The maximum absolute atomic E-state index is 12.4. The lowest BCUT2D eigenvalue weighted by molar-refractivity contribution is -0.141. The summed E-state index contributed by atoms with van der Waals surface area (Å²) in [7, 11) is 4.31. The standard InChI is InChI=1S/C14H17BrO5/c1-8(5-13(16)20-4)14(17)9-6-11(18-2)12(19-3)7-10(9)15/h6-8H,5H2,1-4H3. The molecule has 6 heteroatoms. The minimum atomic E-state index is -0.475. The van der Waals surface area contributed by atoms with Gasteiger partial charge in [0.25, 0.3) is 0 Å². The quantitative estimate of drug-likeness (QED) is 0.586. The van der Waals surface area contributed by atoms with Crippen molar-refractivity contribution < 1.29 is 23.8 Å². The van der Waals surface area contributed by atoms with Gasteiger partial charge in [-0.3, -0.25) is 9.59 Å². The number of ketones is 1. The molecule has 0 radical (unpaired) electrons. The molecule has 0 N–H and O–H groups in total. The van der Waals surface area contributed by atoms with Gasteiger partial charge in [-0.2, -0.15) is 0 Å². The second kappa shape index (κ2) is 7.28. The number of carbonyl (C=O) groups is 2. The molecule has 1 atom stereocenters. The lowest BCUT2D eigenvalue weighted by Gasteiger charge is -2.14. The molecule has 1 aromatic rings. The third-order valence-corrected chi connectivity index (χ3v) is 3.54. The first kappa shape index (κ1) is 16.5. The number of hydrogen-bond donors (Lipinski definition) is 0. The van der Waals surface area contributed by atoms with E-state index in [1.54, 1.807) is 19.1 Å². The number of halogens is 1. The molecule has 110 valence electrons. The molecule has 1 aromatic carbocycles. The van der Waals surface area contributed by atoms with Gasteiger partial charge in [-0.15, -0.1) is 0 Å². The van der Waals surface area contributed by atoms with Crippen LogP contribution >= 0.6 is 15.9 Å². The maximum atomic E-state index is 12.4. The van der Waals surface area contributed by atoms with E-state index in [0.717, 1.165) is 0 Å². The lowest BCUT2D eigenvalue weighted by Crippen LogP contribution is -2.17. The SMILES string of the molecule is COC(=O)CC(C)C(=O)c1cc(OC)c(OC)cc1Br. The highest BCUT2D eigenvalue weighted by atomic mass is 79.9. The molecular weight excluding hydrogens is 328 g/mol. The molecule has 20 heavy (non-hydrogen) atoms. The van der Waals surface area contributed by atoms with Crippen molar-refractivity contribution in [2.75, 3.05) is 21.3 Å². The maximum Gasteiger partial charge on any atom is 0.306 e. The minimum absolute atomic E-state index is 0.0378. The lowest BCUT2D eigenvalue weighted by atomic mass is 9.96. The van der Waals surface area contributed by atoms with Crippen molar-refractivity contribution in [3.63, 3.8) is 0 Å². The Morgan fingerprint density at radius 3 is 2.20 bits per heavy atom. The van der Waals surface area contributed by atoms with Crippen LogP contribution in [0.2, 0.25) is 0 Å². The highest BCUT2D eigenvalue weighted by molar-refractivity contribution is 9.10. The fourth-order valence-corrected chi connectivity index (χ4v) is 2.25. The van der Waals surface area contributed by atoms with Gasteiger partial charge in [0.15, 0.2) is 17.3 Å². The number of carbonyl (C=O) groups excluding carboxylic acids is 2. The van der Waals surface area contributed by atoms with Gasteiger partial charge in [-0.1, -0.05) is 6.92 Å². The first-order chi connectivity index (χ1) is 9.44. The van der Waals surface area contributed by atoms with Crippen molar-refractivity contribution >= 4 is 27.7 Å². The molecule has 0 aliphatic heterocycles. The summed E-state index contributed by atoms with van der Waals surface area (Å²) < 4.78 is 15.5. The summed E-state index contributed by atoms with van der Waals surface area (Å²) in [5, 5.41) is 0. The second-order valence-corrected chi connectivity index (χ2v) is 5.09. The molecule has 0 saturated heterocycles. The first-order valence-corrected chi connectivity index (χ1v) is 6.76. The molecule has 0 bridgehead atoms. The Morgan fingerprint density at radius 1 is 1.15 bits per heavy atom. The van der Waals surface area contributed by atoms with Crippen molar-refractivity contribution in [3.05, 3.63) is 22.2 Å². The largest absolute Gasteiger partial charge is 0.493 e. The third kappa shape index (κ3) is 3.72. The van der Waals surface area contributed by atoms with Crippen molar-refractivity contribution in [2.45, 2.75) is 13.3 Å². The molecule has 0 saturated carbocycles. The topological polar surface area (TPSA) is 61.8 Å². The summed E-state index contributed by atoms with van der Waals surface area (Å²) in [6.07, 6.45) is 0.0378. The van der Waals surface area contributed by atoms with Crippen LogP contribution in [0.15, 0.2) is 16.6 Å². The van der Waals surface area contributed by atoms with E-state index >= 15 is 0 Å². The van der Waals surface area contributed by atoms with Crippen molar-refractivity contribution in [3.8, 4) is 11.5 Å². The van der Waals surface area contributed by atoms with Crippen LogP contribution in [0.4, 0.5) is 0 Å². The molecule has 1 unspecified atom stereocenters. The second-order valence-electron chi connectivity index (χ2n) is 4.23. The summed E-state index contributed by atoms with van der Waals surface area (Å²) in [6, 6.07) is 3.26. The third-order valence-electron chi connectivity index (χ3n) is 2.89. The van der Waals surface area contributed by atoms with Crippen LogP contribution in [-0.4, -0.2) is 33.1 Å². The van der Waals surface area contributed by atoms with Crippen LogP contribution in [0.1, 0.15) is 23.7 Å². The normalized spacial score (nSPS) is 11.7. The predicted molar refractivity (Wildman–Crippen MR) is 77.4 cm³/mol. The Kier molecular flexibility index (Phi) is 6.01. The number of Topliss-reactive ketones (excluding diaryl/α,β-unsaturated/α-hetero) is 1. The zero-order valence-corrected chi connectivity index (χ0v) is 13.4. The van der Waals surface area contributed by atoms with Gasteiger partial charge in [0.2, 0.25) is 0 Å². The number of hydrogen-bond acceptors (Lipinski definition) is 5. The van der Waals surface area contributed by atoms with Crippen LogP contribution in [0.25, 0.3) is 0 Å². The van der Waals surface area contributed by atoms with E-state index in [-0.39, 0.29) is 12.2 Å². The highest BCUT2D eigenvalue weighted by Crippen LogP contribution is 2.34. The Labute approximate surface area is 126 Å². The van der Waals surface area contributed by atoms with Gasteiger partial charge in [0.05, 0.1) is 27.8 Å². The Bertz CT molecular complexity index is 513. The average molecular weight is 345 g/mol. The van der Waals surface area contributed by atoms with Crippen LogP contribution in [0, 0.1) is 5.92 Å². The summed E-state index contributed by atoms with van der Waals surface area (Å²) in [4.78, 5) is 23.6. The molecule has 0 heterocycles. The van der Waals surface area contributed by atoms with E-state index in [1.165, 1.54) is 21.3 Å². The zero-order chi connectivity index (χ0) is 15.3. The molecular formula is C14H17BrO5. The Morgan fingerprint density at radius 2 is 1.70 bits per heavy atom. The Hall–Kier alpha value is -1.56. The molecule has 5 nitrogen and oxygen atoms in total. The average Bonchev–Trinajstić information content (AvgIpc) is 2.45. The van der Waals surface area contributed by atoms with Crippen LogP contribution in [-0.2, 0) is 9.53 Å². The van der Waals surface area contributed by atoms with Gasteiger partial charge >= 0.3 is 5.97 Å². The monoisotopic (exact) mass is 344 g/mol. The van der Waals surface area contributed by atoms with Crippen LogP contribution in [0.5, 0.6) is 11.5 Å². The number of ether oxygens (including phenoxy) is 3. The predicted octanol–water partition coefficient (Wildman–Crippen LogP) is 2.85. The van der Waals surface area contributed by atoms with E-state index in [1.807, 2.05) is 0 Å². The Balaban J connectivity index is 3.06.